The maximum Gasteiger partial charge on any atom is 0.0213 e. The van der Waals surface area contributed by atoms with Crippen LogP contribution in [0.15, 0.2) is 22.7 Å². The molecule has 0 unspecified atom stereocenters. The first-order chi connectivity index (χ1) is 8.75. The Morgan fingerprint density at radius 3 is 2.44 bits per heavy atom. The monoisotopic (exact) mass is 307 g/mol. The number of hydrogen-bond donors (Lipinski definition) is 1. The normalized spacial score (nSPS) is 23.0. The van der Waals surface area contributed by atoms with E-state index in [1.165, 1.54) is 60.5 Å². The molecule has 0 saturated heterocycles. The summed E-state index contributed by atoms with van der Waals surface area (Å²) < 4.78 is 1.31. The molecule has 1 aromatic rings. The van der Waals surface area contributed by atoms with Crippen LogP contribution < -0.4 is 5.73 Å². The van der Waals surface area contributed by atoms with Crippen molar-refractivity contribution in [3.63, 3.8) is 0 Å². The average molecular weight is 308 g/mol. The summed E-state index contributed by atoms with van der Waals surface area (Å²) in [5, 5.41) is 0. The van der Waals surface area contributed by atoms with Crippen molar-refractivity contribution in [3.05, 3.63) is 33.8 Å². The second kappa shape index (κ2) is 4.97. The SMILES string of the molecule is NCC1(c2ccc(C3CC3)c(Br)c2)CCCCC1. The van der Waals surface area contributed by atoms with E-state index < -0.39 is 0 Å². The van der Waals surface area contributed by atoms with E-state index in [0.717, 1.165) is 12.5 Å². The molecular formula is C16H22BrN. The van der Waals surface area contributed by atoms with Crippen LogP contribution in [0.25, 0.3) is 0 Å². The van der Waals surface area contributed by atoms with Gasteiger partial charge in [-0.1, -0.05) is 47.3 Å². The predicted octanol–water partition coefficient (Wildman–Crippen LogP) is 4.49. The van der Waals surface area contributed by atoms with Crippen molar-refractivity contribution in [2.75, 3.05) is 6.54 Å². The summed E-state index contributed by atoms with van der Waals surface area (Å²) in [6, 6.07) is 7.03. The van der Waals surface area contributed by atoms with Crippen LogP contribution in [0, 0.1) is 0 Å². The molecule has 98 valence electrons. The number of benzene rings is 1. The molecule has 3 rings (SSSR count). The van der Waals surface area contributed by atoms with Gasteiger partial charge in [0.2, 0.25) is 0 Å². The average Bonchev–Trinajstić information content (AvgIpc) is 3.24. The fraction of sp³-hybridized carbons (Fsp3) is 0.625. The third-order valence-corrected chi connectivity index (χ3v) is 5.52. The fourth-order valence-electron chi connectivity index (χ4n) is 3.42. The highest BCUT2D eigenvalue weighted by Gasteiger charge is 2.33. The number of halogens is 1. The van der Waals surface area contributed by atoms with Gasteiger partial charge in [-0.25, -0.2) is 0 Å². The van der Waals surface area contributed by atoms with Crippen LogP contribution in [-0.4, -0.2) is 6.54 Å². The standard InChI is InChI=1S/C16H22BrN/c17-15-10-13(6-7-14(15)12-4-5-12)16(11-18)8-2-1-3-9-16/h6-7,10,12H,1-5,8-9,11,18H2. The van der Waals surface area contributed by atoms with Crippen LogP contribution in [0.5, 0.6) is 0 Å². The first kappa shape index (κ1) is 12.7. The lowest BCUT2D eigenvalue weighted by molar-refractivity contribution is 0.300. The Kier molecular flexibility index (Phi) is 3.50. The van der Waals surface area contributed by atoms with Crippen LogP contribution in [0.2, 0.25) is 0 Å². The van der Waals surface area contributed by atoms with E-state index >= 15 is 0 Å². The van der Waals surface area contributed by atoms with E-state index in [1.54, 1.807) is 0 Å². The molecule has 0 aliphatic heterocycles. The van der Waals surface area contributed by atoms with E-state index in [1.807, 2.05) is 0 Å². The van der Waals surface area contributed by atoms with Gasteiger partial charge < -0.3 is 5.73 Å². The predicted molar refractivity (Wildman–Crippen MR) is 79.9 cm³/mol. The molecule has 0 atom stereocenters. The van der Waals surface area contributed by atoms with Gasteiger partial charge in [-0.05, 0) is 48.8 Å². The molecule has 0 radical (unpaired) electrons. The maximum absolute atomic E-state index is 6.12. The molecule has 1 nitrogen and oxygen atoms in total. The van der Waals surface area contributed by atoms with Gasteiger partial charge in [0.1, 0.15) is 0 Å². The molecule has 1 aromatic carbocycles. The van der Waals surface area contributed by atoms with Crippen molar-refractivity contribution in [3.8, 4) is 0 Å². The molecule has 0 bridgehead atoms. The summed E-state index contributed by atoms with van der Waals surface area (Å²) in [4.78, 5) is 0. The lowest BCUT2D eigenvalue weighted by Gasteiger charge is -2.37. The first-order valence-electron chi connectivity index (χ1n) is 7.25. The maximum atomic E-state index is 6.12. The van der Waals surface area contributed by atoms with E-state index in [4.69, 9.17) is 5.73 Å². The van der Waals surface area contributed by atoms with Gasteiger partial charge in [-0.2, -0.15) is 0 Å². The summed E-state index contributed by atoms with van der Waals surface area (Å²) >= 11 is 3.77. The van der Waals surface area contributed by atoms with Gasteiger partial charge in [0.05, 0.1) is 0 Å². The Balaban J connectivity index is 1.92. The van der Waals surface area contributed by atoms with Crippen molar-refractivity contribution < 1.29 is 0 Å². The van der Waals surface area contributed by atoms with Crippen molar-refractivity contribution in [2.24, 2.45) is 5.73 Å². The van der Waals surface area contributed by atoms with E-state index in [9.17, 15) is 0 Å². The molecule has 2 aliphatic rings. The van der Waals surface area contributed by atoms with Gasteiger partial charge in [-0.3, -0.25) is 0 Å². The molecule has 2 heteroatoms. The Morgan fingerprint density at radius 2 is 1.89 bits per heavy atom. The van der Waals surface area contributed by atoms with Crippen molar-refractivity contribution in [1.82, 2.24) is 0 Å². The second-order valence-corrected chi connectivity index (χ2v) is 6.91. The van der Waals surface area contributed by atoms with Gasteiger partial charge in [-0.15, -0.1) is 0 Å². The Labute approximate surface area is 118 Å². The fourth-order valence-corrected chi connectivity index (χ4v) is 4.12. The van der Waals surface area contributed by atoms with Crippen molar-refractivity contribution in [2.45, 2.75) is 56.3 Å². The molecule has 18 heavy (non-hydrogen) atoms. The van der Waals surface area contributed by atoms with E-state index in [-0.39, 0.29) is 5.41 Å². The Morgan fingerprint density at radius 1 is 1.17 bits per heavy atom. The van der Waals surface area contributed by atoms with Crippen LogP contribution in [0.1, 0.15) is 62.0 Å². The van der Waals surface area contributed by atoms with Gasteiger partial charge >= 0.3 is 0 Å². The summed E-state index contributed by atoms with van der Waals surface area (Å²) in [7, 11) is 0. The zero-order valence-electron chi connectivity index (χ0n) is 10.9. The lowest BCUT2D eigenvalue weighted by Crippen LogP contribution is -2.37. The van der Waals surface area contributed by atoms with Gasteiger partial charge in [0.15, 0.2) is 0 Å². The molecular weight excluding hydrogens is 286 g/mol. The van der Waals surface area contributed by atoms with E-state index in [0.29, 0.717) is 0 Å². The summed E-state index contributed by atoms with van der Waals surface area (Å²) in [6.45, 7) is 0.794. The smallest absolute Gasteiger partial charge is 0.0213 e. The first-order valence-corrected chi connectivity index (χ1v) is 8.04. The van der Waals surface area contributed by atoms with Crippen molar-refractivity contribution in [1.29, 1.82) is 0 Å². The topological polar surface area (TPSA) is 26.0 Å². The van der Waals surface area contributed by atoms with E-state index in [2.05, 4.69) is 34.1 Å². The molecule has 0 heterocycles. The minimum Gasteiger partial charge on any atom is -0.330 e. The van der Waals surface area contributed by atoms with Crippen molar-refractivity contribution >= 4 is 15.9 Å². The molecule has 0 aromatic heterocycles. The highest BCUT2D eigenvalue weighted by Crippen LogP contribution is 2.45. The van der Waals surface area contributed by atoms with Gasteiger partial charge in [0, 0.05) is 16.4 Å². The lowest BCUT2D eigenvalue weighted by atomic mass is 9.69. The number of rotatable bonds is 3. The van der Waals surface area contributed by atoms with Crippen LogP contribution in [0.3, 0.4) is 0 Å². The van der Waals surface area contributed by atoms with Crippen LogP contribution in [-0.2, 0) is 5.41 Å². The second-order valence-electron chi connectivity index (χ2n) is 6.06. The Bertz CT molecular complexity index is 431. The third kappa shape index (κ3) is 2.25. The minimum absolute atomic E-state index is 0.253. The summed E-state index contributed by atoms with van der Waals surface area (Å²) in [5.74, 6) is 0.814. The number of nitrogens with two attached hydrogens (primary N) is 1. The third-order valence-electron chi connectivity index (χ3n) is 4.83. The zero-order chi connectivity index (χ0) is 12.6. The zero-order valence-corrected chi connectivity index (χ0v) is 12.5. The largest absolute Gasteiger partial charge is 0.330 e. The molecule has 2 fully saturated rings. The van der Waals surface area contributed by atoms with Crippen LogP contribution >= 0.6 is 15.9 Å². The highest BCUT2D eigenvalue weighted by molar-refractivity contribution is 9.10. The summed E-state index contributed by atoms with van der Waals surface area (Å²) in [6.07, 6.45) is 9.29. The minimum atomic E-state index is 0.253. The molecule has 0 spiro atoms. The quantitative estimate of drug-likeness (QED) is 0.875. The Hall–Kier alpha value is -0.340. The molecule has 0 amide bonds. The molecule has 2 N–H and O–H groups in total. The van der Waals surface area contributed by atoms with Crippen LogP contribution in [0.4, 0.5) is 0 Å². The molecule has 2 aliphatic carbocycles. The summed E-state index contributed by atoms with van der Waals surface area (Å²) in [5.41, 5.74) is 9.33. The molecule has 2 saturated carbocycles. The number of hydrogen-bond acceptors (Lipinski definition) is 1. The highest BCUT2D eigenvalue weighted by atomic mass is 79.9. The van der Waals surface area contributed by atoms with Gasteiger partial charge in [0.25, 0.3) is 0 Å².